The Morgan fingerprint density at radius 3 is 2.66 bits per heavy atom. The van der Waals surface area contributed by atoms with Gasteiger partial charge in [-0.3, -0.25) is 4.79 Å². The summed E-state index contributed by atoms with van der Waals surface area (Å²) in [4.78, 5) is 13.7. The lowest BCUT2D eigenvalue weighted by Gasteiger charge is -2.38. The van der Waals surface area contributed by atoms with Gasteiger partial charge in [0.15, 0.2) is 0 Å². The predicted octanol–water partition coefficient (Wildman–Crippen LogP) is 4.95. The molecule has 2 saturated heterocycles. The Kier molecular flexibility index (Phi) is 6.50. The molecule has 0 aromatic heterocycles. The second kappa shape index (κ2) is 9.72. The van der Waals surface area contributed by atoms with Gasteiger partial charge in [-0.2, -0.15) is 0 Å². The molecule has 6 heteroatoms. The molecule has 2 aliphatic rings. The van der Waals surface area contributed by atoms with Crippen molar-refractivity contribution in [3.05, 3.63) is 83.4 Å². The Labute approximate surface area is 206 Å². The summed E-state index contributed by atoms with van der Waals surface area (Å²) in [5.74, 6) is -0.274. The average molecular weight is 473 g/mol. The maximum absolute atomic E-state index is 11.3. The molecule has 0 bridgehead atoms. The topological polar surface area (TPSA) is 85.0 Å². The minimum atomic E-state index is -0.875. The van der Waals surface area contributed by atoms with Crippen molar-refractivity contribution in [3.8, 4) is 16.9 Å². The summed E-state index contributed by atoms with van der Waals surface area (Å²) >= 11 is 0. The summed E-state index contributed by atoms with van der Waals surface area (Å²) in [6.07, 6.45) is 2.10. The van der Waals surface area contributed by atoms with Crippen LogP contribution in [0.2, 0.25) is 0 Å². The van der Waals surface area contributed by atoms with Crippen molar-refractivity contribution in [2.75, 3.05) is 24.6 Å². The molecule has 6 nitrogen and oxygen atoms in total. The molecule has 0 radical (unpaired) electrons. The molecule has 5 rings (SSSR count). The number of carboxylic acids is 1. The summed E-state index contributed by atoms with van der Waals surface area (Å²) in [7, 11) is 0. The summed E-state index contributed by atoms with van der Waals surface area (Å²) in [5.41, 5.74) is 12.3. The van der Waals surface area contributed by atoms with E-state index in [2.05, 4.69) is 41.3 Å². The quantitative estimate of drug-likeness (QED) is 0.483. The first kappa shape index (κ1) is 23.4. The van der Waals surface area contributed by atoms with Gasteiger partial charge in [0.1, 0.15) is 12.4 Å². The SMILES string of the molecule is CC(N)c1cccc(-c2cc(COc3ccccc3CC(=O)O)cc(N3CCC4(CCO4)C3)c2)c1. The van der Waals surface area contributed by atoms with Crippen LogP contribution in [-0.4, -0.2) is 36.4 Å². The highest BCUT2D eigenvalue weighted by atomic mass is 16.5. The van der Waals surface area contributed by atoms with Crippen molar-refractivity contribution >= 4 is 11.7 Å². The maximum Gasteiger partial charge on any atom is 0.307 e. The zero-order chi connectivity index (χ0) is 24.4. The number of hydrogen-bond acceptors (Lipinski definition) is 5. The van der Waals surface area contributed by atoms with Crippen LogP contribution in [0.1, 0.15) is 42.5 Å². The van der Waals surface area contributed by atoms with Crippen molar-refractivity contribution in [2.45, 2.75) is 44.4 Å². The van der Waals surface area contributed by atoms with Crippen LogP contribution in [0.5, 0.6) is 5.75 Å². The largest absolute Gasteiger partial charge is 0.489 e. The van der Waals surface area contributed by atoms with Crippen molar-refractivity contribution in [3.63, 3.8) is 0 Å². The Hall–Kier alpha value is -3.35. The van der Waals surface area contributed by atoms with Crippen molar-refractivity contribution in [1.29, 1.82) is 0 Å². The fourth-order valence-corrected chi connectivity index (χ4v) is 5.00. The van der Waals surface area contributed by atoms with E-state index in [0.29, 0.717) is 17.9 Å². The van der Waals surface area contributed by atoms with Gasteiger partial charge in [-0.05, 0) is 65.9 Å². The number of para-hydroxylation sites is 1. The van der Waals surface area contributed by atoms with Gasteiger partial charge in [0.2, 0.25) is 0 Å². The molecule has 182 valence electrons. The molecule has 3 aromatic carbocycles. The number of hydrogen-bond donors (Lipinski definition) is 2. The third-order valence-electron chi connectivity index (χ3n) is 7.08. The normalized spacial score (nSPS) is 20.0. The Morgan fingerprint density at radius 2 is 1.94 bits per heavy atom. The lowest BCUT2D eigenvalue weighted by Crippen LogP contribution is -2.45. The lowest BCUT2D eigenvalue weighted by molar-refractivity contribution is -0.136. The molecule has 2 atom stereocenters. The second-order valence-corrected chi connectivity index (χ2v) is 9.72. The molecule has 35 heavy (non-hydrogen) atoms. The molecule has 3 N–H and O–H groups in total. The zero-order valence-electron chi connectivity index (χ0n) is 20.1. The monoisotopic (exact) mass is 472 g/mol. The van der Waals surface area contributed by atoms with Gasteiger partial charge in [-0.25, -0.2) is 0 Å². The van der Waals surface area contributed by atoms with E-state index >= 15 is 0 Å². The molecule has 0 saturated carbocycles. The summed E-state index contributed by atoms with van der Waals surface area (Å²) in [6.45, 7) is 5.06. The van der Waals surface area contributed by atoms with Gasteiger partial charge < -0.3 is 25.2 Å². The van der Waals surface area contributed by atoms with E-state index in [1.807, 2.05) is 31.2 Å². The van der Waals surface area contributed by atoms with Crippen LogP contribution < -0.4 is 15.4 Å². The molecule has 3 aromatic rings. The minimum absolute atomic E-state index is 0.0112. The highest BCUT2D eigenvalue weighted by Crippen LogP contribution is 2.39. The fourth-order valence-electron chi connectivity index (χ4n) is 5.00. The minimum Gasteiger partial charge on any atom is -0.489 e. The number of carboxylic acid groups (broad SMARTS) is 1. The first-order chi connectivity index (χ1) is 16.9. The van der Waals surface area contributed by atoms with Gasteiger partial charge in [0, 0.05) is 36.8 Å². The molecule has 0 amide bonds. The van der Waals surface area contributed by atoms with Crippen LogP contribution in [-0.2, 0) is 22.6 Å². The average Bonchev–Trinajstić information content (AvgIpc) is 3.30. The highest BCUT2D eigenvalue weighted by Gasteiger charge is 2.44. The highest BCUT2D eigenvalue weighted by molar-refractivity contribution is 5.72. The van der Waals surface area contributed by atoms with E-state index in [0.717, 1.165) is 60.5 Å². The van der Waals surface area contributed by atoms with Gasteiger partial charge in [-0.1, -0.05) is 36.4 Å². The van der Waals surface area contributed by atoms with Crippen molar-refractivity contribution in [2.24, 2.45) is 5.73 Å². The third-order valence-corrected chi connectivity index (χ3v) is 7.08. The fraction of sp³-hybridized carbons (Fsp3) is 0.345. The van der Waals surface area contributed by atoms with Crippen molar-refractivity contribution in [1.82, 2.24) is 0 Å². The van der Waals surface area contributed by atoms with Gasteiger partial charge >= 0.3 is 5.97 Å². The Morgan fingerprint density at radius 1 is 1.11 bits per heavy atom. The number of rotatable bonds is 8. The number of anilines is 1. The predicted molar refractivity (Wildman–Crippen MR) is 137 cm³/mol. The number of aliphatic carboxylic acids is 1. The van der Waals surface area contributed by atoms with Crippen LogP contribution in [0.25, 0.3) is 11.1 Å². The smallest absolute Gasteiger partial charge is 0.307 e. The van der Waals surface area contributed by atoms with E-state index < -0.39 is 5.97 Å². The summed E-state index contributed by atoms with van der Waals surface area (Å²) < 4.78 is 12.1. The summed E-state index contributed by atoms with van der Waals surface area (Å²) in [6, 6.07) is 22.2. The molecular weight excluding hydrogens is 440 g/mol. The molecule has 2 heterocycles. The Balaban J connectivity index is 1.46. The molecule has 2 fully saturated rings. The summed E-state index contributed by atoms with van der Waals surface area (Å²) in [5, 5.41) is 9.25. The molecule has 0 aliphatic carbocycles. The van der Waals surface area contributed by atoms with E-state index in [-0.39, 0.29) is 18.1 Å². The van der Waals surface area contributed by atoms with Crippen molar-refractivity contribution < 1.29 is 19.4 Å². The molecule has 2 unspecified atom stereocenters. The van der Waals surface area contributed by atoms with Gasteiger partial charge in [-0.15, -0.1) is 0 Å². The number of carbonyl (C=O) groups is 1. The third kappa shape index (κ3) is 5.19. The number of nitrogens with two attached hydrogens (primary N) is 1. The molecular formula is C29H32N2O4. The first-order valence-corrected chi connectivity index (χ1v) is 12.2. The van der Waals surface area contributed by atoms with E-state index in [1.54, 1.807) is 6.07 Å². The molecule has 1 spiro atoms. The van der Waals surface area contributed by atoms with Gasteiger partial charge in [0.05, 0.1) is 18.6 Å². The van der Waals surface area contributed by atoms with Crippen LogP contribution in [0.15, 0.2) is 66.7 Å². The van der Waals surface area contributed by atoms with Crippen LogP contribution in [0, 0.1) is 0 Å². The lowest BCUT2D eigenvalue weighted by atomic mass is 9.94. The van der Waals surface area contributed by atoms with E-state index in [4.69, 9.17) is 15.2 Å². The zero-order valence-corrected chi connectivity index (χ0v) is 20.1. The number of nitrogens with zero attached hydrogens (tertiary/aromatic N) is 1. The second-order valence-electron chi connectivity index (χ2n) is 9.72. The van der Waals surface area contributed by atoms with Crippen LogP contribution in [0.4, 0.5) is 5.69 Å². The Bertz CT molecular complexity index is 1220. The standard InChI is InChI=1S/C29H32N2O4/c1-20(30)22-6-4-7-23(15-22)25-13-21(18-34-27-8-3-2-5-24(27)17-28(32)33)14-26(16-25)31-11-9-29(19-31)10-12-35-29/h2-8,13-16,20H,9-12,17-19,30H2,1H3,(H,32,33). The molecule has 2 aliphatic heterocycles. The van der Waals surface area contributed by atoms with Gasteiger partial charge in [0.25, 0.3) is 0 Å². The number of benzene rings is 3. The maximum atomic E-state index is 11.3. The van der Waals surface area contributed by atoms with Crippen LogP contribution in [0.3, 0.4) is 0 Å². The van der Waals surface area contributed by atoms with Crippen LogP contribution >= 0.6 is 0 Å². The first-order valence-electron chi connectivity index (χ1n) is 12.2. The number of ether oxygens (including phenoxy) is 2. The van der Waals surface area contributed by atoms with E-state index in [1.165, 1.54) is 0 Å². The van der Waals surface area contributed by atoms with E-state index in [9.17, 15) is 9.90 Å².